The number of amides is 1. The molecule has 3 rings (SSSR count). The number of rotatable bonds is 7. The van der Waals surface area contributed by atoms with Crippen LogP contribution in [-0.2, 0) is 20.9 Å². The number of nitrogens with zero attached hydrogens (tertiary/aromatic N) is 2. The molecule has 8 heteroatoms. The number of benzene rings is 2. The zero-order valence-corrected chi connectivity index (χ0v) is 17.4. The van der Waals surface area contributed by atoms with Crippen LogP contribution in [0.25, 0.3) is 0 Å². The number of hydrogen-bond donors (Lipinski definition) is 0. The fraction of sp³-hybridized carbons (Fsp3) is 0.150. The van der Waals surface area contributed by atoms with Crippen molar-refractivity contribution in [3.8, 4) is 5.75 Å². The highest BCUT2D eigenvalue weighted by Gasteiger charge is 2.18. The summed E-state index contributed by atoms with van der Waals surface area (Å²) in [6.07, 6.45) is 0. The van der Waals surface area contributed by atoms with E-state index in [2.05, 4.69) is 20.9 Å². The van der Waals surface area contributed by atoms with Crippen molar-refractivity contribution in [3.05, 3.63) is 70.1 Å². The highest BCUT2D eigenvalue weighted by molar-refractivity contribution is 9.10. The topological polar surface area (TPSA) is 68.7 Å². The Kier molecular flexibility index (Phi) is 6.78. The van der Waals surface area contributed by atoms with Crippen molar-refractivity contribution in [2.24, 2.45) is 0 Å². The van der Waals surface area contributed by atoms with Crippen molar-refractivity contribution < 1.29 is 19.1 Å². The van der Waals surface area contributed by atoms with Crippen LogP contribution in [0, 0.1) is 0 Å². The lowest BCUT2D eigenvalue weighted by atomic mass is 10.3. The monoisotopic (exact) mass is 460 g/mol. The van der Waals surface area contributed by atoms with Crippen LogP contribution in [0.1, 0.15) is 12.6 Å². The van der Waals surface area contributed by atoms with Crippen LogP contribution in [-0.4, -0.2) is 23.5 Å². The Bertz CT molecular complexity index is 962. The summed E-state index contributed by atoms with van der Waals surface area (Å²) in [5.41, 5.74) is 1.30. The van der Waals surface area contributed by atoms with Gasteiger partial charge in [-0.25, -0.2) is 9.78 Å². The fourth-order valence-corrected chi connectivity index (χ4v) is 3.61. The van der Waals surface area contributed by atoms with E-state index in [1.165, 1.54) is 23.2 Å². The molecule has 1 amide bonds. The van der Waals surface area contributed by atoms with Gasteiger partial charge in [-0.2, -0.15) is 0 Å². The van der Waals surface area contributed by atoms with Crippen LogP contribution < -0.4 is 9.64 Å². The number of anilines is 2. The van der Waals surface area contributed by atoms with Crippen LogP contribution in [0.5, 0.6) is 5.75 Å². The third-order valence-electron chi connectivity index (χ3n) is 3.59. The van der Waals surface area contributed by atoms with Gasteiger partial charge in [0.15, 0.2) is 11.7 Å². The van der Waals surface area contributed by atoms with Gasteiger partial charge in [0.25, 0.3) is 0 Å². The number of thiazole rings is 1. The standard InChI is InChI=1S/C20H17BrN2O4S/c1-14(24)23(17-7-3-2-4-8-17)20-22-16(13-28-20)11-27-19(25)12-26-18-9-5-6-15(21)10-18/h2-10,13H,11-12H2,1H3. The minimum Gasteiger partial charge on any atom is -0.482 e. The Morgan fingerprint density at radius 3 is 2.64 bits per heavy atom. The largest absolute Gasteiger partial charge is 0.482 e. The smallest absolute Gasteiger partial charge is 0.344 e. The minimum absolute atomic E-state index is 0.0116. The van der Waals surface area contributed by atoms with Crippen molar-refractivity contribution in [3.63, 3.8) is 0 Å². The Balaban J connectivity index is 1.56. The molecule has 0 unspecified atom stereocenters. The number of esters is 1. The summed E-state index contributed by atoms with van der Waals surface area (Å²) in [5.74, 6) is -0.0743. The van der Waals surface area contributed by atoms with E-state index in [-0.39, 0.29) is 19.1 Å². The summed E-state index contributed by atoms with van der Waals surface area (Å²) in [5, 5.41) is 2.28. The van der Waals surface area contributed by atoms with E-state index in [4.69, 9.17) is 9.47 Å². The fourth-order valence-electron chi connectivity index (χ4n) is 2.36. The molecule has 3 aromatic rings. The van der Waals surface area contributed by atoms with E-state index in [0.29, 0.717) is 16.6 Å². The van der Waals surface area contributed by atoms with Crippen molar-refractivity contribution in [1.82, 2.24) is 4.98 Å². The SMILES string of the molecule is CC(=O)N(c1ccccc1)c1nc(COC(=O)COc2cccc(Br)c2)cs1. The van der Waals surface area contributed by atoms with E-state index >= 15 is 0 Å². The van der Waals surface area contributed by atoms with Gasteiger partial charge in [0, 0.05) is 16.8 Å². The number of carbonyl (C=O) groups excluding carboxylic acids is 2. The van der Waals surface area contributed by atoms with Gasteiger partial charge in [0.2, 0.25) is 5.91 Å². The summed E-state index contributed by atoms with van der Waals surface area (Å²) >= 11 is 4.65. The summed E-state index contributed by atoms with van der Waals surface area (Å²) in [6, 6.07) is 16.5. The van der Waals surface area contributed by atoms with Crippen LogP contribution in [0.15, 0.2) is 64.5 Å². The second-order valence-corrected chi connectivity index (χ2v) is 7.47. The van der Waals surface area contributed by atoms with E-state index in [1.54, 1.807) is 17.5 Å². The van der Waals surface area contributed by atoms with Gasteiger partial charge in [-0.1, -0.05) is 40.2 Å². The average molecular weight is 461 g/mol. The van der Waals surface area contributed by atoms with Gasteiger partial charge in [-0.3, -0.25) is 9.69 Å². The van der Waals surface area contributed by atoms with Crippen LogP contribution >= 0.6 is 27.3 Å². The van der Waals surface area contributed by atoms with Crippen LogP contribution in [0.3, 0.4) is 0 Å². The summed E-state index contributed by atoms with van der Waals surface area (Å²) in [6.45, 7) is 1.29. The van der Waals surface area contributed by atoms with Gasteiger partial charge in [-0.15, -0.1) is 11.3 Å². The Morgan fingerprint density at radius 2 is 1.93 bits per heavy atom. The maximum absolute atomic E-state index is 12.1. The molecular weight excluding hydrogens is 444 g/mol. The van der Waals surface area contributed by atoms with Gasteiger partial charge in [0.1, 0.15) is 12.4 Å². The molecule has 1 aromatic heterocycles. The molecule has 0 aliphatic rings. The molecule has 2 aromatic carbocycles. The second-order valence-electron chi connectivity index (χ2n) is 5.72. The lowest BCUT2D eigenvalue weighted by Crippen LogP contribution is -2.22. The number of carbonyl (C=O) groups is 2. The number of para-hydroxylation sites is 1. The number of hydrogen-bond acceptors (Lipinski definition) is 6. The molecule has 28 heavy (non-hydrogen) atoms. The average Bonchev–Trinajstić information content (AvgIpc) is 3.14. The molecule has 0 fully saturated rings. The van der Waals surface area contributed by atoms with Gasteiger partial charge in [-0.05, 0) is 30.3 Å². The Hall–Kier alpha value is -2.71. The first kappa shape index (κ1) is 20.0. The zero-order chi connectivity index (χ0) is 19.9. The van der Waals surface area contributed by atoms with E-state index < -0.39 is 5.97 Å². The molecular formula is C20H17BrN2O4S. The number of aromatic nitrogens is 1. The van der Waals surface area contributed by atoms with Crippen LogP contribution in [0.2, 0.25) is 0 Å². The van der Waals surface area contributed by atoms with E-state index in [9.17, 15) is 9.59 Å². The lowest BCUT2D eigenvalue weighted by Gasteiger charge is -2.17. The third kappa shape index (κ3) is 5.40. The summed E-state index contributed by atoms with van der Waals surface area (Å²) in [7, 11) is 0. The number of halogens is 1. The molecule has 0 atom stereocenters. The first-order valence-corrected chi connectivity index (χ1v) is 10.0. The van der Waals surface area contributed by atoms with E-state index in [1.807, 2.05) is 42.5 Å². The molecule has 0 spiro atoms. The minimum atomic E-state index is -0.499. The molecule has 0 saturated heterocycles. The van der Waals surface area contributed by atoms with Gasteiger partial charge < -0.3 is 9.47 Å². The molecule has 0 saturated carbocycles. The molecule has 1 heterocycles. The Labute approximate surface area is 174 Å². The molecule has 6 nitrogen and oxygen atoms in total. The molecule has 144 valence electrons. The maximum Gasteiger partial charge on any atom is 0.344 e. The molecule has 0 aliphatic carbocycles. The van der Waals surface area contributed by atoms with Gasteiger partial charge in [0.05, 0.1) is 11.4 Å². The predicted molar refractivity (Wildman–Crippen MR) is 111 cm³/mol. The van der Waals surface area contributed by atoms with Crippen molar-refractivity contribution in [2.75, 3.05) is 11.5 Å². The Morgan fingerprint density at radius 1 is 1.14 bits per heavy atom. The predicted octanol–water partition coefficient (Wildman–Crippen LogP) is 4.71. The van der Waals surface area contributed by atoms with Crippen molar-refractivity contribution in [1.29, 1.82) is 0 Å². The highest BCUT2D eigenvalue weighted by Crippen LogP contribution is 2.28. The van der Waals surface area contributed by atoms with Crippen LogP contribution in [0.4, 0.5) is 10.8 Å². The first-order valence-electron chi connectivity index (χ1n) is 8.37. The summed E-state index contributed by atoms with van der Waals surface area (Å²) in [4.78, 5) is 29.9. The normalized spacial score (nSPS) is 10.4. The van der Waals surface area contributed by atoms with Crippen molar-refractivity contribution >= 4 is 50.0 Å². The lowest BCUT2D eigenvalue weighted by molar-refractivity contribution is -0.147. The quantitative estimate of drug-likeness (QED) is 0.477. The van der Waals surface area contributed by atoms with Crippen molar-refractivity contribution in [2.45, 2.75) is 13.5 Å². The first-order chi connectivity index (χ1) is 13.5. The highest BCUT2D eigenvalue weighted by atomic mass is 79.9. The molecule has 0 aliphatic heterocycles. The molecule has 0 N–H and O–H groups in total. The van der Waals surface area contributed by atoms with E-state index in [0.717, 1.165) is 10.2 Å². The zero-order valence-electron chi connectivity index (χ0n) is 15.0. The number of ether oxygens (including phenoxy) is 2. The molecule has 0 bridgehead atoms. The molecule has 0 radical (unpaired) electrons. The third-order valence-corrected chi connectivity index (χ3v) is 4.96. The maximum atomic E-state index is 12.1. The second kappa shape index (κ2) is 9.48. The summed E-state index contributed by atoms with van der Waals surface area (Å²) < 4.78 is 11.5. The van der Waals surface area contributed by atoms with Gasteiger partial charge >= 0.3 is 5.97 Å².